The lowest BCUT2D eigenvalue weighted by atomic mass is 9.82. The zero-order valence-corrected chi connectivity index (χ0v) is 38.4. The van der Waals surface area contributed by atoms with Gasteiger partial charge in [0.2, 0.25) is 0 Å². The van der Waals surface area contributed by atoms with E-state index in [4.69, 9.17) is 0 Å². The van der Waals surface area contributed by atoms with Crippen molar-refractivity contribution in [3.8, 4) is 33.4 Å². The van der Waals surface area contributed by atoms with E-state index in [9.17, 15) is 0 Å². The molecule has 0 bridgehead atoms. The first-order chi connectivity index (χ1) is 33.7. The molecule has 0 unspecified atom stereocenters. The van der Waals surface area contributed by atoms with Crippen molar-refractivity contribution in [2.45, 2.75) is 19.6 Å². The van der Waals surface area contributed by atoms with Crippen LogP contribution < -0.4 is 9.80 Å². The number of hydrogen-bond donors (Lipinski definition) is 0. The molecule has 0 atom stereocenters. The van der Waals surface area contributed by atoms with E-state index >= 15 is 0 Å². The Morgan fingerprint density at radius 2 is 0.662 bits per heavy atom. The second-order valence-electron chi connectivity index (χ2n) is 17.6. The first-order valence-corrected chi connectivity index (χ1v) is 24.8. The van der Waals surface area contributed by atoms with Crippen LogP contribution in [0.25, 0.3) is 76.5 Å². The molecule has 0 radical (unpaired) electrons. The topological polar surface area (TPSA) is 6.48 Å². The molecule has 2 heterocycles. The summed E-state index contributed by atoms with van der Waals surface area (Å²) in [6.45, 7) is 0. The molecule has 68 heavy (non-hydrogen) atoms. The van der Waals surface area contributed by atoms with Crippen molar-refractivity contribution in [1.82, 2.24) is 0 Å². The van der Waals surface area contributed by atoms with Gasteiger partial charge in [-0.15, -0.1) is 0 Å². The van der Waals surface area contributed by atoms with E-state index in [1.54, 1.807) is 0 Å². The van der Waals surface area contributed by atoms with Gasteiger partial charge in [-0.3, -0.25) is 0 Å². The van der Waals surface area contributed by atoms with E-state index < -0.39 is 0 Å². The zero-order valence-electron chi connectivity index (χ0n) is 36.8. The van der Waals surface area contributed by atoms with Crippen LogP contribution in [0.1, 0.15) is 0 Å². The van der Waals surface area contributed by atoms with E-state index in [2.05, 4.69) is 252 Å². The Morgan fingerprint density at radius 1 is 0.250 bits per heavy atom. The summed E-state index contributed by atoms with van der Waals surface area (Å²) in [5.74, 6) is 0. The highest BCUT2D eigenvalue weighted by Crippen LogP contribution is 2.56. The van der Waals surface area contributed by atoms with Gasteiger partial charge in [0.25, 0.3) is 0 Å². The van der Waals surface area contributed by atoms with Crippen molar-refractivity contribution in [2.24, 2.45) is 0 Å². The number of benzene rings is 12. The largest absolute Gasteiger partial charge is 0.308 e. The van der Waals surface area contributed by atoms with Crippen LogP contribution in [-0.4, -0.2) is 0 Å². The van der Waals surface area contributed by atoms with Gasteiger partial charge in [0.05, 0.1) is 22.7 Å². The maximum Gasteiger partial charge on any atom is 0.0601 e. The predicted molar refractivity (Wildman–Crippen MR) is 290 cm³/mol. The molecule has 12 aromatic carbocycles. The van der Waals surface area contributed by atoms with E-state index in [-0.39, 0.29) is 0 Å². The molecule has 2 aliphatic heterocycles. The second kappa shape index (κ2) is 15.8. The molecular formula is C64H40N2S2. The second-order valence-corrected chi connectivity index (χ2v) is 19.8. The van der Waals surface area contributed by atoms with E-state index in [0.717, 1.165) is 11.4 Å². The van der Waals surface area contributed by atoms with Gasteiger partial charge in [0.15, 0.2) is 0 Å². The van der Waals surface area contributed by atoms with Crippen LogP contribution in [0.5, 0.6) is 0 Å². The zero-order chi connectivity index (χ0) is 44.7. The van der Waals surface area contributed by atoms with Gasteiger partial charge in [0, 0.05) is 31.0 Å². The summed E-state index contributed by atoms with van der Waals surface area (Å²) < 4.78 is 0. The quantitative estimate of drug-likeness (QED) is 0.159. The Labute approximate surface area is 403 Å². The summed E-state index contributed by atoms with van der Waals surface area (Å²) in [6, 6.07) is 90.1. The summed E-state index contributed by atoms with van der Waals surface area (Å²) >= 11 is 3.69. The van der Waals surface area contributed by atoms with Gasteiger partial charge in [-0.1, -0.05) is 175 Å². The highest BCUT2D eigenvalue weighted by atomic mass is 32.2. The van der Waals surface area contributed by atoms with Gasteiger partial charge >= 0.3 is 0 Å². The maximum absolute atomic E-state index is 2.48. The lowest BCUT2D eigenvalue weighted by molar-refractivity contribution is 1.17. The van der Waals surface area contributed by atoms with Crippen molar-refractivity contribution in [3.05, 3.63) is 243 Å². The number of anilines is 6. The van der Waals surface area contributed by atoms with Crippen molar-refractivity contribution in [3.63, 3.8) is 0 Å². The van der Waals surface area contributed by atoms with Gasteiger partial charge < -0.3 is 9.80 Å². The highest BCUT2D eigenvalue weighted by molar-refractivity contribution is 8.00. The molecule has 2 nitrogen and oxygen atoms in total. The Kier molecular flexibility index (Phi) is 9.11. The Balaban J connectivity index is 1.14. The van der Waals surface area contributed by atoms with Crippen molar-refractivity contribution in [2.75, 3.05) is 9.80 Å². The van der Waals surface area contributed by atoms with Crippen LogP contribution in [0, 0.1) is 0 Å². The molecule has 318 valence electrons. The van der Waals surface area contributed by atoms with E-state index in [1.807, 2.05) is 23.5 Å². The van der Waals surface area contributed by atoms with Crippen molar-refractivity contribution < 1.29 is 0 Å². The average Bonchev–Trinajstić information content (AvgIpc) is 3.40. The normalized spacial score (nSPS) is 12.8. The number of para-hydroxylation sites is 4. The average molecular weight is 901 g/mol. The third-order valence-corrected chi connectivity index (χ3v) is 16.0. The first kappa shape index (κ1) is 39.2. The fourth-order valence-corrected chi connectivity index (χ4v) is 12.8. The molecule has 0 fully saturated rings. The monoisotopic (exact) mass is 900 g/mol. The van der Waals surface area contributed by atoms with Crippen LogP contribution in [-0.2, 0) is 0 Å². The number of nitrogens with zero attached hydrogens (tertiary/aromatic N) is 2. The summed E-state index contributed by atoms with van der Waals surface area (Å²) in [5.41, 5.74) is 14.3. The molecule has 0 N–H and O–H groups in total. The van der Waals surface area contributed by atoms with Crippen molar-refractivity contribution >= 4 is 101 Å². The molecule has 0 aliphatic carbocycles. The van der Waals surface area contributed by atoms with Gasteiger partial charge in [-0.2, -0.15) is 0 Å². The third kappa shape index (κ3) is 6.29. The number of fused-ring (bicyclic) bond motifs is 8. The molecule has 0 amide bonds. The van der Waals surface area contributed by atoms with Gasteiger partial charge in [-0.25, -0.2) is 0 Å². The first-order valence-electron chi connectivity index (χ1n) is 23.2. The van der Waals surface area contributed by atoms with Crippen LogP contribution in [0.15, 0.2) is 262 Å². The summed E-state index contributed by atoms with van der Waals surface area (Å²) in [6.07, 6.45) is 0. The predicted octanol–water partition coefficient (Wildman–Crippen LogP) is 19.2. The molecule has 0 aromatic heterocycles. The molecule has 4 heteroatoms. The fraction of sp³-hybridized carbons (Fsp3) is 0. The molecule has 2 aliphatic rings. The lowest BCUT2D eigenvalue weighted by Gasteiger charge is -2.34. The van der Waals surface area contributed by atoms with Gasteiger partial charge in [0.1, 0.15) is 0 Å². The van der Waals surface area contributed by atoms with E-state index in [1.165, 1.54) is 119 Å². The number of hydrogen-bond acceptors (Lipinski definition) is 4. The van der Waals surface area contributed by atoms with Gasteiger partial charge in [-0.05, 0) is 167 Å². The fourth-order valence-electron chi connectivity index (χ4n) is 10.7. The molecule has 0 saturated heterocycles. The summed E-state index contributed by atoms with van der Waals surface area (Å²) in [5, 5.41) is 9.71. The number of rotatable bonds is 5. The van der Waals surface area contributed by atoms with Crippen molar-refractivity contribution in [1.29, 1.82) is 0 Å². The summed E-state index contributed by atoms with van der Waals surface area (Å²) in [7, 11) is 0. The Morgan fingerprint density at radius 3 is 1.19 bits per heavy atom. The minimum Gasteiger partial charge on any atom is -0.308 e. The van der Waals surface area contributed by atoms with E-state index in [0.29, 0.717) is 0 Å². The maximum atomic E-state index is 2.48. The van der Waals surface area contributed by atoms with Crippen LogP contribution in [0.3, 0.4) is 0 Å². The molecule has 14 rings (SSSR count). The van der Waals surface area contributed by atoms with Crippen LogP contribution in [0.2, 0.25) is 0 Å². The smallest absolute Gasteiger partial charge is 0.0601 e. The molecule has 0 spiro atoms. The molecule has 12 aromatic rings. The highest BCUT2D eigenvalue weighted by Gasteiger charge is 2.29. The Hall–Kier alpha value is -8.02. The van der Waals surface area contributed by atoms with Crippen LogP contribution >= 0.6 is 23.5 Å². The summed E-state index contributed by atoms with van der Waals surface area (Å²) in [4.78, 5) is 9.91. The third-order valence-electron chi connectivity index (χ3n) is 13.7. The SMILES string of the molecule is c1ccc(-c2cc3ccccc3cc2-c2c3ccc(N4c5ccccc5Sc5ccccc54)cc3c(-c3ccc4ccccc4c3)c3ccc(N4c5ccccc5Sc5ccccc54)cc23)cc1. The Bertz CT molecular complexity index is 3920. The minimum atomic E-state index is 1.13. The van der Waals surface area contributed by atoms with Crippen LogP contribution in [0.4, 0.5) is 34.1 Å². The standard InChI is InChI=1S/C64H40N2S2/c1-2-17-42(18-3-1)51-37-44-20-6-7-21-45(44)38-52(51)64-50-35-33-47(65-55-22-8-12-26-59(55)67-60-27-13-9-23-56(60)65)39-53(50)63(46-31-30-41-16-4-5-19-43(41)36-46)49-34-32-48(40-54(49)64)66-57-24-10-14-28-61(57)68-62-29-15-11-25-58(62)66/h1-40H. The molecule has 0 saturated carbocycles. The lowest BCUT2D eigenvalue weighted by Crippen LogP contribution is -2.15. The molecular weight excluding hydrogens is 861 g/mol. The minimum absolute atomic E-state index is 1.13.